The summed E-state index contributed by atoms with van der Waals surface area (Å²) >= 11 is 0. The van der Waals surface area contributed by atoms with E-state index in [-0.39, 0.29) is 0 Å². The van der Waals surface area contributed by atoms with Crippen LogP contribution in [-0.2, 0) is 0 Å². The smallest absolute Gasteiger partial charge is 0.234 e. The first-order chi connectivity index (χ1) is 11.4. The standard InChI is InChI=1S/C18H14N4O/c1-23-15-5-3-13(4-6-15)16-17(14-7-10-19-11-8-14)22-12-2-9-20-18(22)21-16/h2-12H,1H3. The zero-order valence-electron chi connectivity index (χ0n) is 12.5. The molecular weight excluding hydrogens is 288 g/mol. The van der Waals surface area contributed by atoms with E-state index in [0.717, 1.165) is 28.3 Å². The Bertz CT molecular complexity index is 946. The zero-order chi connectivity index (χ0) is 15.6. The van der Waals surface area contributed by atoms with Gasteiger partial charge in [-0.25, -0.2) is 9.97 Å². The number of benzene rings is 1. The molecule has 4 aromatic rings. The van der Waals surface area contributed by atoms with Crippen molar-refractivity contribution in [3.8, 4) is 28.3 Å². The fourth-order valence-electron chi connectivity index (χ4n) is 2.62. The zero-order valence-corrected chi connectivity index (χ0v) is 12.5. The molecule has 0 spiro atoms. The summed E-state index contributed by atoms with van der Waals surface area (Å²) in [7, 11) is 1.66. The van der Waals surface area contributed by atoms with Crippen LogP contribution >= 0.6 is 0 Å². The van der Waals surface area contributed by atoms with Gasteiger partial charge in [0.1, 0.15) is 5.75 Å². The van der Waals surface area contributed by atoms with Crippen molar-refractivity contribution >= 4 is 5.78 Å². The Morgan fingerprint density at radius 3 is 2.43 bits per heavy atom. The summed E-state index contributed by atoms with van der Waals surface area (Å²) in [5.41, 5.74) is 3.95. The van der Waals surface area contributed by atoms with Crippen LogP contribution < -0.4 is 4.74 Å². The van der Waals surface area contributed by atoms with E-state index >= 15 is 0 Å². The number of fused-ring (bicyclic) bond motifs is 1. The van der Waals surface area contributed by atoms with E-state index in [0.29, 0.717) is 5.78 Å². The van der Waals surface area contributed by atoms with Gasteiger partial charge >= 0.3 is 0 Å². The van der Waals surface area contributed by atoms with Crippen molar-refractivity contribution in [3.63, 3.8) is 0 Å². The van der Waals surface area contributed by atoms with Gasteiger partial charge in [0.15, 0.2) is 0 Å². The predicted molar refractivity (Wildman–Crippen MR) is 88.2 cm³/mol. The summed E-state index contributed by atoms with van der Waals surface area (Å²) < 4.78 is 7.23. The number of rotatable bonds is 3. The second kappa shape index (κ2) is 5.53. The predicted octanol–water partition coefficient (Wildman–Crippen LogP) is 3.47. The average Bonchev–Trinajstić information content (AvgIpc) is 3.02. The minimum Gasteiger partial charge on any atom is -0.497 e. The number of imidazole rings is 1. The minimum atomic E-state index is 0.671. The van der Waals surface area contributed by atoms with Crippen LogP contribution in [0.4, 0.5) is 0 Å². The van der Waals surface area contributed by atoms with Crippen LogP contribution in [0.3, 0.4) is 0 Å². The third-order valence-corrected chi connectivity index (χ3v) is 3.72. The first kappa shape index (κ1) is 13.5. The lowest BCUT2D eigenvalue weighted by Crippen LogP contribution is -1.90. The molecule has 0 atom stereocenters. The van der Waals surface area contributed by atoms with Crippen molar-refractivity contribution in [2.24, 2.45) is 0 Å². The summed E-state index contributed by atoms with van der Waals surface area (Å²) in [6, 6.07) is 13.7. The first-order valence-electron chi connectivity index (χ1n) is 7.25. The lowest BCUT2D eigenvalue weighted by Gasteiger charge is -2.06. The molecule has 0 unspecified atom stereocenters. The molecule has 0 bridgehead atoms. The van der Waals surface area contributed by atoms with Crippen molar-refractivity contribution in [2.75, 3.05) is 7.11 Å². The molecule has 0 aliphatic heterocycles. The molecule has 0 saturated heterocycles. The van der Waals surface area contributed by atoms with Gasteiger partial charge in [-0.1, -0.05) is 0 Å². The van der Waals surface area contributed by atoms with Gasteiger partial charge in [-0.2, -0.15) is 0 Å². The summed E-state index contributed by atoms with van der Waals surface area (Å²) in [4.78, 5) is 13.2. The topological polar surface area (TPSA) is 52.3 Å². The molecule has 5 heteroatoms. The average molecular weight is 302 g/mol. The highest BCUT2D eigenvalue weighted by molar-refractivity contribution is 5.81. The lowest BCUT2D eigenvalue weighted by molar-refractivity contribution is 0.415. The second-order valence-electron chi connectivity index (χ2n) is 5.06. The van der Waals surface area contributed by atoms with Gasteiger partial charge in [-0.3, -0.25) is 9.38 Å². The molecule has 23 heavy (non-hydrogen) atoms. The Morgan fingerprint density at radius 2 is 1.70 bits per heavy atom. The highest BCUT2D eigenvalue weighted by Crippen LogP contribution is 2.32. The van der Waals surface area contributed by atoms with Crippen LogP contribution in [0.1, 0.15) is 0 Å². The molecular formula is C18H14N4O. The lowest BCUT2D eigenvalue weighted by atomic mass is 10.1. The van der Waals surface area contributed by atoms with Gasteiger partial charge in [0.25, 0.3) is 0 Å². The molecule has 0 aliphatic rings. The molecule has 1 aromatic carbocycles. The van der Waals surface area contributed by atoms with Crippen LogP contribution in [0.25, 0.3) is 28.3 Å². The summed E-state index contributed by atoms with van der Waals surface area (Å²) in [6.45, 7) is 0. The Kier molecular flexibility index (Phi) is 3.24. The number of hydrogen-bond acceptors (Lipinski definition) is 4. The fraction of sp³-hybridized carbons (Fsp3) is 0.0556. The van der Waals surface area contributed by atoms with Crippen LogP contribution in [0.5, 0.6) is 5.75 Å². The molecule has 3 heterocycles. The van der Waals surface area contributed by atoms with Gasteiger partial charge in [-0.05, 0) is 42.5 Å². The molecule has 0 amide bonds. The highest BCUT2D eigenvalue weighted by atomic mass is 16.5. The van der Waals surface area contributed by atoms with E-state index in [1.54, 1.807) is 25.7 Å². The number of nitrogens with zero attached hydrogens (tertiary/aromatic N) is 4. The van der Waals surface area contributed by atoms with Crippen molar-refractivity contribution < 1.29 is 4.74 Å². The summed E-state index contributed by atoms with van der Waals surface area (Å²) in [6.07, 6.45) is 7.28. The van der Waals surface area contributed by atoms with Crippen molar-refractivity contribution in [2.45, 2.75) is 0 Å². The molecule has 3 aromatic heterocycles. The van der Waals surface area contributed by atoms with Crippen molar-refractivity contribution in [1.29, 1.82) is 0 Å². The molecule has 0 radical (unpaired) electrons. The van der Waals surface area contributed by atoms with Gasteiger partial charge in [0.2, 0.25) is 5.78 Å². The molecule has 0 aliphatic carbocycles. The third kappa shape index (κ3) is 2.32. The Labute approximate surface area is 133 Å². The maximum Gasteiger partial charge on any atom is 0.234 e. The molecule has 5 nitrogen and oxygen atoms in total. The number of hydrogen-bond donors (Lipinski definition) is 0. The molecule has 0 saturated carbocycles. The maximum atomic E-state index is 5.23. The van der Waals surface area contributed by atoms with E-state index in [4.69, 9.17) is 9.72 Å². The molecule has 0 N–H and O–H groups in total. The van der Waals surface area contributed by atoms with E-state index in [2.05, 4.69) is 9.97 Å². The summed E-state index contributed by atoms with van der Waals surface area (Å²) in [5.74, 6) is 1.49. The maximum absolute atomic E-state index is 5.23. The van der Waals surface area contributed by atoms with E-state index in [9.17, 15) is 0 Å². The van der Waals surface area contributed by atoms with Crippen molar-refractivity contribution in [3.05, 3.63) is 67.3 Å². The monoisotopic (exact) mass is 302 g/mol. The van der Waals surface area contributed by atoms with Gasteiger partial charge < -0.3 is 4.74 Å². The van der Waals surface area contributed by atoms with E-state index in [1.165, 1.54) is 0 Å². The quantitative estimate of drug-likeness (QED) is 0.581. The molecule has 112 valence electrons. The largest absolute Gasteiger partial charge is 0.497 e. The Balaban J connectivity index is 1.98. The molecule has 4 rings (SSSR count). The number of ether oxygens (including phenoxy) is 1. The SMILES string of the molecule is COc1ccc(-c2nc3ncccn3c2-c2ccncc2)cc1. The van der Waals surface area contributed by atoms with E-state index in [1.807, 2.05) is 53.1 Å². The normalized spacial score (nSPS) is 10.8. The third-order valence-electron chi connectivity index (χ3n) is 3.72. The van der Waals surface area contributed by atoms with E-state index < -0.39 is 0 Å². The Morgan fingerprint density at radius 1 is 0.913 bits per heavy atom. The van der Waals surface area contributed by atoms with Crippen LogP contribution in [0.15, 0.2) is 67.3 Å². The first-order valence-corrected chi connectivity index (χ1v) is 7.25. The number of aromatic nitrogens is 4. The van der Waals surface area contributed by atoms with Gasteiger partial charge in [0.05, 0.1) is 18.5 Å². The number of pyridine rings is 1. The van der Waals surface area contributed by atoms with Crippen LogP contribution in [0.2, 0.25) is 0 Å². The second-order valence-corrected chi connectivity index (χ2v) is 5.06. The summed E-state index contributed by atoms with van der Waals surface area (Å²) in [5, 5.41) is 0. The number of methoxy groups -OCH3 is 1. The Hall–Kier alpha value is -3.21. The molecule has 0 fully saturated rings. The minimum absolute atomic E-state index is 0.671. The van der Waals surface area contributed by atoms with Crippen LogP contribution in [-0.4, -0.2) is 26.5 Å². The van der Waals surface area contributed by atoms with Gasteiger partial charge in [-0.15, -0.1) is 0 Å². The van der Waals surface area contributed by atoms with Crippen molar-refractivity contribution in [1.82, 2.24) is 19.4 Å². The van der Waals surface area contributed by atoms with Gasteiger partial charge in [0, 0.05) is 35.9 Å². The fourth-order valence-corrected chi connectivity index (χ4v) is 2.62. The van der Waals surface area contributed by atoms with Crippen LogP contribution in [0, 0.1) is 0 Å². The highest BCUT2D eigenvalue weighted by Gasteiger charge is 2.16.